The summed E-state index contributed by atoms with van der Waals surface area (Å²) in [7, 11) is -2.56. The van der Waals surface area contributed by atoms with Gasteiger partial charge in [0.15, 0.2) is 0 Å². The number of anilines is 1. The van der Waals surface area contributed by atoms with Crippen LogP contribution in [0.1, 0.15) is 13.8 Å². The molecule has 0 aromatic heterocycles. The lowest BCUT2D eigenvalue weighted by Gasteiger charge is -2.25. The molecule has 0 amide bonds. The Labute approximate surface area is 117 Å². The molecule has 0 saturated carbocycles. The summed E-state index contributed by atoms with van der Waals surface area (Å²) >= 11 is 0. The highest BCUT2D eigenvalue weighted by Gasteiger charge is 2.27. The van der Waals surface area contributed by atoms with Gasteiger partial charge in [-0.1, -0.05) is 0 Å². The van der Waals surface area contributed by atoms with Gasteiger partial charge in [0.1, 0.15) is 5.69 Å². The number of nitro benzene ring substituents is 1. The first-order chi connectivity index (χ1) is 8.95. The van der Waals surface area contributed by atoms with Crippen LogP contribution in [0.5, 0.6) is 0 Å². The summed E-state index contributed by atoms with van der Waals surface area (Å²) in [6, 6.07) is 3.19. The molecule has 0 radical (unpaired) electrons. The van der Waals surface area contributed by atoms with Crippen LogP contribution in [-0.4, -0.2) is 41.9 Å². The summed E-state index contributed by atoms with van der Waals surface area (Å²) in [6.45, 7) is 2.83. The minimum absolute atomic E-state index is 0.119. The van der Waals surface area contributed by atoms with E-state index < -0.39 is 20.5 Å². The van der Waals surface area contributed by atoms with Gasteiger partial charge in [-0.05, 0) is 26.0 Å². The molecule has 0 heterocycles. The van der Waals surface area contributed by atoms with Gasteiger partial charge in [0.25, 0.3) is 5.69 Å². The van der Waals surface area contributed by atoms with E-state index >= 15 is 0 Å². The highest BCUT2D eigenvalue weighted by Crippen LogP contribution is 2.26. The summed E-state index contributed by atoms with van der Waals surface area (Å²) in [5, 5.41) is 20.3. The third kappa shape index (κ3) is 3.65. The number of nitro groups is 1. The molecule has 3 N–H and O–H groups in total. The molecular weight excluding hydrogens is 286 g/mol. The van der Waals surface area contributed by atoms with Crippen LogP contribution < -0.4 is 5.73 Å². The van der Waals surface area contributed by atoms with E-state index in [0.717, 1.165) is 22.5 Å². The van der Waals surface area contributed by atoms with Gasteiger partial charge in [-0.25, -0.2) is 8.42 Å². The Balaban J connectivity index is 3.17. The summed E-state index contributed by atoms with van der Waals surface area (Å²) in [6.07, 6.45) is 0. The zero-order chi connectivity index (χ0) is 15.7. The molecule has 0 bridgehead atoms. The van der Waals surface area contributed by atoms with Crippen molar-refractivity contribution < 1.29 is 18.4 Å². The van der Waals surface area contributed by atoms with Crippen LogP contribution in [0.3, 0.4) is 0 Å². The predicted octanol–water partition coefficient (Wildman–Crippen LogP) is 0.568. The molecule has 0 unspecified atom stereocenters. The number of aliphatic hydroxyl groups is 1. The van der Waals surface area contributed by atoms with Crippen LogP contribution in [-0.2, 0) is 10.0 Å². The van der Waals surface area contributed by atoms with Crippen molar-refractivity contribution in [1.29, 1.82) is 0 Å². The molecule has 0 fully saturated rings. The lowest BCUT2D eigenvalue weighted by atomic mass is 10.1. The molecule has 0 aliphatic rings. The molecule has 9 heteroatoms. The van der Waals surface area contributed by atoms with Crippen molar-refractivity contribution in [2.75, 3.05) is 19.3 Å². The third-order valence-corrected chi connectivity index (χ3v) is 4.31. The van der Waals surface area contributed by atoms with Gasteiger partial charge < -0.3 is 10.8 Å². The second kappa shape index (κ2) is 5.35. The molecule has 0 spiro atoms. The van der Waals surface area contributed by atoms with Crippen molar-refractivity contribution in [3.05, 3.63) is 28.3 Å². The number of nitrogens with two attached hydrogens (primary N) is 1. The molecule has 0 aliphatic heterocycles. The van der Waals surface area contributed by atoms with Gasteiger partial charge in [-0.2, -0.15) is 4.31 Å². The summed E-state index contributed by atoms with van der Waals surface area (Å²) in [4.78, 5) is 9.79. The fourth-order valence-electron chi connectivity index (χ4n) is 1.67. The minimum atomic E-state index is -3.87. The van der Waals surface area contributed by atoms with Gasteiger partial charge in [0.2, 0.25) is 10.0 Å². The lowest BCUT2D eigenvalue weighted by molar-refractivity contribution is -0.383. The quantitative estimate of drug-likeness (QED) is 0.465. The Bertz CT molecular complexity index is 621. The normalized spacial score (nSPS) is 12.7. The smallest absolute Gasteiger partial charge is 0.292 e. The Morgan fingerprint density at radius 1 is 1.45 bits per heavy atom. The number of nitrogens with zero attached hydrogens (tertiary/aromatic N) is 2. The molecule has 1 rings (SSSR count). The molecule has 0 aliphatic carbocycles. The number of nitrogen functional groups attached to an aromatic ring is 1. The lowest BCUT2D eigenvalue weighted by Crippen LogP contribution is -2.39. The van der Waals surface area contributed by atoms with E-state index in [1.54, 1.807) is 0 Å². The average molecular weight is 303 g/mol. The molecule has 1 aromatic carbocycles. The van der Waals surface area contributed by atoms with E-state index in [2.05, 4.69) is 0 Å². The number of hydrogen-bond acceptors (Lipinski definition) is 6. The van der Waals surface area contributed by atoms with Crippen molar-refractivity contribution in [3.63, 3.8) is 0 Å². The number of hydrogen-bond donors (Lipinski definition) is 2. The van der Waals surface area contributed by atoms with Crippen molar-refractivity contribution in [2.24, 2.45) is 0 Å². The highest BCUT2D eigenvalue weighted by molar-refractivity contribution is 7.89. The number of likely N-dealkylation sites (N-methyl/N-ethyl adjacent to an activating group) is 1. The summed E-state index contributed by atoms with van der Waals surface area (Å²) < 4.78 is 25.4. The van der Waals surface area contributed by atoms with Crippen LogP contribution in [0.2, 0.25) is 0 Å². The molecule has 0 saturated heterocycles. The molecular formula is C11H17N3O5S. The SMILES string of the molecule is CN(CC(C)(C)O)S(=O)(=O)c1ccc([N+](=O)[O-])c(N)c1. The third-order valence-electron chi connectivity index (χ3n) is 2.51. The van der Waals surface area contributed by atoms with Gasteiger partial charge in [-0.3, -0.25) is 10.1 Å². The average Bonchev–Trinajstić information content (AvgIpc) is 2.25. The molecule has 20 heavy (non-hydrogen) atoms. The molecule has 112 valence electrons. The minimum Gasteiger partial charge on any atom is -0.393 e. The Morgan fingerprint density at radius 2 is 2.00 bits per heavy atom. The first-order valence-corrected chi connectivity index (χ1v) is 7.12. The second-order valence-corrected chi connectivity index (χ2v) is 7.10. The van der Waals surface area contributed by atoms with E-state index in [1.807, 2.05) is 0 Å². The highest BCUT2D eigenvalue weighted by atomic mass is 32.2. The van der Waals surface area contributed by atoms with Crippen LogP contribution in [0.15, 0.2) is 23.1 Å². The van der Waals surface area contributed by atoms with Crippen molar-refractivity contribution in [2.45, 2.75) is 24.3 Å². The van der Waals surface area contributed by atoms with Crippen LogP contribution in [0, 0.1) is 10.1 Å². The zero-order valence-corrected chi connectivity index (χ0v) is 12.2. The second-order valence-electron chi connectivity index (χ2n) is 5.05. The maximum Gasteiger partial charge on any atom is 0.292 e. The van der Waals surface area contributed by atoms with E-state index in [1.165, 1.54) is 20.9 Å². The van der Waals surface area contributed by atoms with Crippen LogP contribution in [0.4, 0.5) is 11.4 Å². The zero-order valence-electron chi connectivity index (χ0n) is 11.4. The topological polar surface area (TPSA) is 127 Å². The molecule has 0 atom stereocenters. The Kier molecular flexibility index (Phi) is 4.37. The van der Waals surface area contributed by atoms with Gasteiger partial charge in [0.05, 0.1) is 15.4 Å². The van der Waals surface area contributed by atoms with Gasteiger partial charge >= 0.3 is 0 Å². The predicted molar refractivity (Wildman–Crippen MR) is 73.6 cm³/mol. The Hall–Kier alpha value is -1.71. The fraction of sp³-hybridized carbons (Fsp3) is 0.455. The van der Waals surface area contributed by atoms with Crippen molar-refractivity contribution in [1.82, 2.24) is 4.31 Å². The number of benzene rings is 1. The Morgan fingerprint density at radius 3 is 2.40 bits per heavy atom. The van der Waals surface area contributed by atoms with Crippen LogP contribution in [0.25, 0.3) is 0 Å². The standard InChI is InChI=1S/C11H17N3O5S/c1-11(2,15)7-13(3)20(18,19)8-4-5-10(14(16)17)9(12)6-8/h4-6,15H,7,12H2,1-3H3. The molecule has 8 nitrogen and oxygen atoms in total. The van der Waals surface area contributed by atoms with Crippen molar-refractivity contribution >= 4 is 21.4 Å². The van der Waals surface area contributed by atoms with E-state index in [-0.39, 0.29) is 22.8 Å². The largest absolute Gasteiger partial charge is 0.393 e. The van der Waals surface area contributed by atoms with E-state index in [9.17, 15) is 23.6 Å². The first-order valence-electron chi connectivity index (χ1n) is 5.68. The maximum absolute atomic E-state index is 12.2. The fourth-order valence-corrected chi connectivity index (χ4v) is 3.03. The van der Waals surface area contributed by atoms with Crippen LogP contribution >= 0.6 is 0 Å². The van der Waals surface area contributed by atoms with E-state index in [0.29, 0.717) is 0 Å². The monoisotopic (exact) mass is 303 g/mol. The van der Waals surface area contributed by atoms with Gasteiger partial charge in [0, 0.05) is 19.7 Å². The summed E-state index contributed by atoms with van der Waals surface area (Å²) in [5.74, 6) is 0. The maximum atomic E-state index is 12.2. The van der Waals surface area contributed by atoms with Crippen molar-refractivity contribution in [3.8, 4) is 0 Å². The first kappa shape index (κ1) is 16.3. The number of sulfonamides is 1. The molecule has 1 aromatic rings. The van der Waals surface area contributed by atoms with E-state index in [4.69, 9.17) is 5.73 Å². The summed E-state index contributed by atoms with van der Waals surface area (Å²) in [5.41, 5.74) is 3.69. The van der Waals surface area contributed by atoms with Gasteiger partial charge in [-0.15, -0.1) is 0 Å². The number of rotatable bonds is 5.